The summed E-state index contributed by atoms with van der Waals surface area (Å²) < 4.78 is 0. The first kappa shape index (κ1) is 14.8. The molecular formula is C17H18N2O2S. The number of rotatable bonds is 3. The van der Waals surface area contributed by atoms with Gasteiger partial charge < -0.3 is 10.2 Å². The molecule has 1 fully saturated rings. The largest absolute Gasteiger partial charge is 0.322 e. The molecule has 0 radical (unpaired) electrons. The lowest BCUT2D eigenvalue weighted by Crippen LogP contribution is -2.35. The highest BCUT2D eigenvalue weighted by Crippen LogP contribution is 2.27. The standard InChI is InChI=1S/C17H18N2O2S/c1-12-10-14(18-17(21)13-7-9-22-11-13)5-6-15(12)19-8-3-2-4-16(19)20/h5-7,9-11H,2-4,8H2,1H3,(H,18,21). The quantitative estimate of drug-likeness (QED) is 0.936. The van der Waals surface area contributed by atoms with Gasteiger partial charge in [-0.25, -0.2) is 0 Å². The van der Waals surface area contributed by atoms with Crippen LogP contribution in [-0.4, -0.2) is 18.4 Å². The molecule has 1 aromatic heterocycles. The van der Waals surface area contributed by atoms with Crippen LogP contribution in [0.5, 0.6) is 0 Å². The average Bonchev–Trinajstić information content (AvgIpc) is 3.03. The number of hydrogen-bond donors (Lipinski definition) is 1. The molecule has 0 bridgehead atoms. The molecule has 2 aromatic rings. The molecule has 1 N–H and O–H groups in total. The van der Waals surface area contributed by atoms with E-state index in [0.717, 1.165) is 36.3 Å². The van der Waals surface area contributed by atoms with Crippen LogP contribution in [-0.2, 0) is 4.79 Å². The summed E-state index contributed by atoms with van der Waals surface area (Å²) in [7, 11) is 0. The van der Waals surface area contributed by atoms with E-state index in [-0.39, 0.29) is 11.8 Å². The summed E-state index contributed by atoms with van der Waals surface area (Å²) in [6.45, 7) is 2.75. The van der Waals surface area contributed by atoms with E-state index in [4.69, 9.17) is 0 Å². The number of hydrogen-bond acceptors (Lipinski definition) is 3. The zero-order valence-electron chi connectivity index (χ0n) is 12.5. The van der Waals surface area contributed by atoms with Gasteiger partial charge in [-0.05, 0) is 55.0 Å². The molecular weight excluding hydrogens is 296 g/mol. The van der Waals surface area contributed by atoms with E-state index < -0.39 is 0 Å². The van der Waals surface area contributed by atoms with Crippen molar-refractivity contribution >= 4 is 34.5 Å². The van der Waals surface area contributed by atoms with Gasteiger partial charge in [0.15, 0.2) is 0 Å². The number of nitrogens with zero attached hydrogens (tertiary/aromatic N) is 1. The normalized spacial score (nSPS) is 15.0. The minimum atomic E-state index is -0.109. The molecule has 0 unspecified atom stereocenters. The first-order valence-corrected chi connectivity index (χ1v) is 8.34. The average molecular weight is 314 g/mol. The van der Waals surface area contributed by atoms with Gasteiger partial charge in [-0.15, -0.1) is 0 Å². The van der Waals surface area contributed by atoms with Gasteiger partial charge >= 0.3 is 0 Å². The van der Waals surface area contributed by atoms with Crippen LogP contribution in [0.4, 0.5) is 11.4 Å². The van der Waals surface area contributed by atoms with E-state index >= 15 is 0 Å². The Labute approximate surface area is 133 Å². The van der Waals surface area contributed by atoms with Crippen LogP contribution in [0.25, 0.3) is 0 Å². The maximum Gasteiger partial charge on any atom is 0.256 e. The van der Waals surface area contributed by atoms with Gasteiger partial charge in [0, 0.05) is 29.7 Å². The molecule has 0 aliphatic carbocycles. The Morgan fingerprint density at radius 3 is 2.82 bits per heavy atom. The molecule has 114 valence electrons. The van der Waals surface area contributed by atoms with E-state index in [2.05, 4.69) is 5.32 Å². The molecule has 0 spiro atoms. The van der Waals surface area contributed by atoms with Crippen LogP contribution in [0.2, 0.25) is 0 Å². The van der Waals surface area contributed by atoms with Crippen molar-refractivity contribution in [3.8, 4) is 0 Å². The Morgan fingerprint density at radius 1 is 1.27 bits per heavy atom. The van der Waals surface area contributed by atoms with Gasteiger partial charge in [-0.2, -0.15) is 11.3 Å². The van der Waals surface area contributed by atoms with Crippen LogP contribution >= 0.6 is 11.3 Å². The number of amides is 2. The van der Waals surface area contributed by atoms with Crippen LogP contribution in [0.3, 0.4) is 0 Å². The van der Waals surface area contributed by atoms with E-state index in [1.54, 1.807) is 6.07 Å². The van der Waals surface area contributed by atoms with Gasteiger partial charge in [-0.1, -0.05) is 0 Å². The van der Waals surface area contributed by atoms with Crippen molar-refractivity contribution in [3.63, 3.8) is 0 Å². The third kappa shape index (κ3) is 3.04. The number of thiophene rings is 1. The Kier molecular flexibility index (Phi) is 4.24. The van der Waals surface area contributed by atoms with Crippen molar-refractivity contribution in [1.29, 1.82) is 0 Å². The summed E-state index contributed by atoms with van der Waals surface area (Å²) in [4.78, 5) is 25.9. The van der Waals surface area contributed by atoms with Crippen molar-refractivity contribution in [2.24, 2.45) is 0 Å². The third-order valence-corrected chi connectivity index (χ3v) is 4.54. The molecule has 0 atom stereocenters. The number of piperidine rings is 1. The third-order valence-electron chi connectivity index (χ3n) is 3.85. The highest BCUT2D eigenvalue weighted by Gasteiger charge is 2.21. The van der Waals surface area contributed by atoms with E-state index in [1.165, 1.54) is 11.3 Å². The number of carbonyl (C=O) groups excluding carboxylic acids is 2. The second kappa shape index (κ2) is 6.32. The van der Waals surface area contributed by atoms with Crippen LogP contribution in [0.1, 0.15) is 35.2 Å². The first-order chi connectivity index (χ1) is 10.6. The summed E-state index contributed by atoms with van der Waals surface area (Å²) in [5, 5.41) is 6.59. The number of anilines is 2. The first-order valence-electron chi connectivity index (χ1n) is 7.40. The van der Waals surface area contributed by atoms with Gasteiger partial charge in [0.1, 0.15) is 0 Å². The van der Waals surface area contributed by atoms with Crippen LogP contribution < -0.4 is 10.2 Å². The van der Waals surface area contributed by atoms with Crippen molar-refractivity contribution in [2.45, 2.75) is 26.2 Å². The van der Waals surface area contributed by atoms with E-state index in [0.29, 0.717) is 12.0 Å². The topological polar surface area (TPSA) is 49.4 Å². The molecule has 4 nitrogen and oxygen atoms in total. The SMILES string of the molecule is Cc1cc(NC(=O)c2ccsc2)ccc1N1CCCCC1=O. The number of nitrogens with one attached hydrogen (secondary N) is 1. The second-order valence-corrected chi connectivity index (χ2v) is 6.25. The molecule has 2 heterocycles. The van der Waals surface area contributed by atoms with Gasteiger partial charge in [0.05, 0.1) is 5.56 Å². The monoisotopic (exact) mass is 314 g/mol. The fourth-order valence-electron chi connectivity index (χ4n) is 2.69. The van der Waals surface area contributed by atoms with E-state index in [9.17, 15) is 9.59 Å². The summed E-state index contributed by atoms with van der Waals surface area (Å²) in [5.74, 6) is 0.0758. The molecule has 1 aliphatic rings. The lowest BCUT2D eigenvalue weighted by Gasteiger charge is -2.28. The van der Waals surface area contributed by atoms with Crippen molar-refractivity contribution in [1.82, 2.24) is 0 Å². The Balaban J connectivity index is 1.77. The minimum Gasteiger partial charge on any atom is -0.322 e. The summed E-state index contributed by atoms with van der Waals surface area (Å²) in [5.41, 5.74) is 3.36. The van der Waals surface area contributed by atoms with Gasteiger partial charge in [0.2, 0.25) is 5.91 Å². The zero-order chi connectivity index (χ0) is 15.5. The highest BCUT2D eigenvalue weighted by atomic mass is 32.1. The predicted molar refractivity (Wildman–Crippen MR) is 89.7 cm³/mol. The maximum absolute atomic E-state index is 12.1. The molecule has 0 saturated carbocycles. The smallest absolute Gasteiger partial charge is 0.256 e. The maximum atomic E-state index is 12.1. The fraction of sp³-hybridized carbons (Fsp3) is 0.294. The molecule has 2 amide bonds. The Bertz CT molecular complexity index is 695. The van der Waals surface area contributed by atoms with Crippen LogP contribution in [0, 0.1) is 6.92 Å². The van der Waals surface area contributed by atoms with Crippen molar-refractivity contribution in [3.05, 3.63) is 46.2 Å². The summed E-state index contributed by atoms with van der Waals surface area (Å²) in [6, 6.07) is 7.49. The van der Waals surface area contributed by atoms with Crippen LogP contribution in [0.15, 0.2) is 35.0 Å². The second-order valence-electron chi connectivity index (χ2n) is 5.47. The van der Waals surface area contributed by atoms with Gasteiger partial charge in [0.25, 0.3) is 5.91 Å². The number of aryl methyl sites for hydroxylation is 1. The Morgan fingerprint density at radius 2 is 2.14 bits per heavy atom. The van der Waals surface area contributed by atoms with Crippen molar-refractivity contribution in [2.75, 3.05) is 16.8 Å². The Hall–Kier alpha value is -2.14. The molecule has 1 aromatic carbocycles. The summed E-state index contributed by atoms with van der Waals surface area (Å²) >= 11 is 1.50. The lowest BCUT2D eigenvalue weighted by molar-refractivity contribution is -0.119. The molecule has 5 heteroatoms. The molecule has 22 heavy (non-hydrogen) atoms. The highest BCUT2D eigenvalue weighted by molar-refractivity contribution is 7.08. The summed E-state index contributed by atoms with van der Waals surface area (Å²) in [6.07, 6.45) is 2.64. The van der Waals surface area contributed by atoms with E-state index in [1.807, 2.05) is 40.8 Å². The minimum absolute atomic E-state index is 0.109. The molecule has 1 saturated heterocycles. The lowest BCUT2D eigenvalue weighted by atomic mass is 10.1. The van der Waals surface area contributed by atoms with Crippen molar-refractivity contribution < 1.29 is 9.59 Å². The molecule has 1 aliphatic heterocycles. The number of benzene rings is 1. The number of carbonyl (C=O) groups is 2. The predicted octanol–water partition coefficient (Wildman–Crippen LogP) is 3.83. The van der Waals surface area contributed by atoms with Gasteiger partial charge in [-0.3, -0.25) is 9.59 Å². The fourth-order valence-corrected chi connectivity index (χ4v) is 3.33. The zero-order valence-corrected chi connectivity index (χ0v) is 13.3. The molecule has 3 rings (SSSR count).